The van der Waals surface area contributed by atoms with Gasteiger partial charge in [-0.05, 0) is 6.42 Å². The molecule has 0 spiro atoms. The molecule has 1 amide bonds. The number of ether oxygens (including phenoxy) is 1. The molecule has 0 saturated carbocycles. The first kappa shape index (κ1) is 13.8. The summed E-state index contributed by atoms with van der Waals surface area (Å²) in [5.41, 5.74) is 1.26. The molecule has 6 nitrogen and oxygen atoms in total. The van der Waals surface area contributed by atoms with Gasteiger partial charge in [-0.1, -0.05) is 0 Å². The van der Waals surface area contributed by atoms with Crippen molar-refractivity contribution in [3.8, 4) is 5.75 Å². The summed E-state index contributed by atoms with van der Waals surface area (Å²) >= 11 is 0. The van der Waals surface area contributed by atoms with Crippen molar-refractivity contribution >= 4 is 5.91 Å². The van der Waals surface area contributed by atoms with Crippen molar-refractivity contribution in [3.05, 3.63) is 23.5 Å². The molecule has 1 aromatic rings. The highest BCUT2D eigenvalue weighted by atomic mass is 16.5. The molecule has 0 bridgehead atoms. The smallest absolute Gasteiger partial charge is 0.269 e. The summed E-state index contributed by atoms with van der Waals surface area (Å²) in [5, 5.41) is 12.0. The van der Waals surface area contributed by atoms with E-state index < -0.39 is 0 Å². The Morgan fingerprint density at radius 2 is 2.47 bits per heavy atom. The van der Waals surface area contributed by atoms with E-state index in [-0.39, 0.29) is 12.0 Å². The number of nitrogens with one attached hydrogen (secondary N) is 1. The van der Waals surface area contributed by atoms with Crippen molar-refractivity contribution in [2.45, 2.75) is 19.1 Å². The van der Waals surface area contributed by atoms with Crippen molar-refractivity contribution in [1.82, 2.24) is 15.2 Å². The van der Waals surface area contributed by atoms with Gasteiger partial charge >= 0.3 is 0 Å². The molecule has 19 heavy (non-hydrogen) atoms. The van der Waals surface area contributed by atoms with Gasteiger partial charge in [-0.2, -0.15) is 0 Å². The molecule has 0 aliphatic carbocycles. The van der Waals surface area contributed by atoms with Crippen molar-refractivity contribution < 1.29 is 14.6 Å². The molecule has 1 aliphatic rings. The van der Waals surface area contributed by atoms with Crippen molar-refractivity contribution in [3.63, 3.8) is 0 Å². The normalized spacial score (nSPS) is 19.4. The van der Waals surface area contributed by atoms with E-state index >= 15 is 0 Å². The predicted molar refractivity (Wildman–Crippen MR) is 70.1 cm³/mol. The number of methoxy groups -OCH3 is 1. The lowest BCUT2D eigenvalue weighted by Crippen LogP contribution is -2.23. The number of aliphatic hydroxyl groups excluding tert-OH is 1. The van der Waals surface area contributed by atoms with Gasteiger partial charge in [-0.15, -0.1) is 0 Å². The van der Waals surface area contributed by atoms with E-state index in [9.17, 15) is 9.90 Å². The monoisotopic (exact) mass is 265 g/mol. The van der Waals surface area contributed by atoms with Crippen LogP contribution in [-0.2, 0) is 6.54 Å². The molecular weight excluding hydrogens is 246 g/mol. The number of carbonyl (C=O) groups excluding carboxylic acids is 1. The molecule has 6 heteroatoms. The summed E-state index contributed by atoms with van der Waals surface area (Å²) in [6.07, 6.45) is 2.21. The SMILES string of the molecule is CNC(=O)c1cc(OC)c(CN2CC[C@H](O)C2)cn1. The van der Waals surface area contributed by atoms with E-state index in [0.29, 0.717) is 24.5 Å². The van der Waals surface area contributed by atoms with Gasteiger partial charge in [-0.25, -0.2) is 0 Å². The fourth-order valence-electron chi connectivity index (χ4n) is 2.22. The molecule has 2 rings (SSSR count). The van der Waals surface area contributed by atoms with Crippen LogP contribution in [0.2, 0.25) is 0 Å². The second kappa shape index (κ2) is 5.99. The zero-order chi connectivity index (χ0) is 13.8. The average Bonchev–Trinajstić information content (AvgIpc) is 2.83. The first-order valence-electron chi connectivity index (χ1n) is 6.29. The fourth-order valence-corrected chi connectivity index (χ4v) is 2.22. The van der Waals surface area contributed by atoms with Gasteiger partial charge in [0.1, 0.15) is 11.4 Å². The van der Waals surface area contributed by atoms with E-state index in [2.05, 4.69) is 15.2 Å². The molecule has 0 unspecified atom stereocenters. The Morgan fingerprint density at radius 1 is 1.68 bits per heavy atom. The Bertz CT molecular complexity index is 464. The van der Waals surface area contributed by atoms with Gasteiger partial charge in [0.15, 0.2) is 0 Å². The third kappa shape index (κ3) is 3.21. The average molecular weight is 265 g/mol. The number of hydrogen-bond donors (Lipinski definition) is 2. The first-order valence-corrected chi connectivity index (χ1v) is 6.29. The number of likely N-dealkylation sites (tertiary alicyclic amines) is 1. The molecular formula is C13H19N3O3. The maximum atomic E-state index is 11.5. The van der Waals surface area contributed by atoms with Crippen molar-refractivity contribution in [2.24, 2.45) is 0 Å². The number of nitrogens with zero attached hydrogens (tertiary/aromatic N) is 2. The van der Waals surface area contributed by atoms with Crippen LogP contribution in [0.3, 0.4) is 0 Å². The van der Waals surface area contributed by atoms with Crippen LogP contribution >= 0.6 is 0 Å². The van der Waals surface area contributed by atoms with Crippen LogP contribution in [0.1, 0.15) is 22.5 Å². The molecule has 1 fully saturated rings. The third-order valence-electron chi connectivity index (χ3n) is 3.26. The van der Waals surface area contributed by atoms with E-state index in [1.54, 1.807) is 26.4 Å². The summed E-state index contributed by atoms with van der Waals surface area (Å²) in [7, 11) is 3.14. The second-order valence-corrected chi connectivity index (χ2v) is 4.64. The third-order valence-corrected chi connectivity index (χ3v) is 3.26. The van der Waals surface area contributed by atoms with Gasteiger partial charge in [0.25, 0.3) is 5.91 Å². The van der Waals surface area contributed by atoms with Crippen LogP contribution in [0.15, 0.2) is 12.3 Å². The number of aromatic nitrogens is 1. The van der Waals surface area contributed by atoms with Gasteiger partial charge in [0.05, 0.1) is 13.2 Å². The number of aliphatic hydroxyl groups is 1. The summed E-state index contributed by atoms with van der Waals surface area (Å²) in [6.45, 7) is 2.20. The Kier molecular flexibility index (Phi) is 4.34. The molecule has 2 N–H and O–H groups in total. The quantitative estimate of drug-likeness (QED) is 0.802. The summed E-state index contributed by atoms with van der Waals surface area (Å²) in [5.74, 6) is 0.413. The van der Waals surface area contributed by atoms with Crippen LogP contribution in [0.5, 0.6) is 5.75 Å². The molecule has 0 radical (unpaired) electrons. The highest BCUT2D eigenvalue weighted by Gasteiger charge is 2.21. The number of amides is 1. The number of carbonyl (C=O) groups is 1. The van der Waals surface area contributed by atoms with Gasteiger partial charge in [-0.3, -0.25) is 14.7 Å². The molecule has 104 valence electrons. The zero-order valence-electron chi connectivity index (χ0n) is 11.2. The largest absolute Gasteiger partial charge is 0.496 e. The van der Waals surface area contributed by atoms with Crippen molar-refractivity contribution in [1.29, 1.82) is 0 Å². The molecule has 1 atom stereocenters. The van der Waals surface area contributed by atoms with Crippen LogP contribution < -0.4 is 10.1 Å². The van der Waals surface area contributed by atoms with E-state index in [1.807, 2.05) is 0 Å². The predicted octanol–water partition coefficient (Wildman–Crippen LogP) is 0.0164. The lowest BCUT2D eigenvalue weighted by Gasteiger charge is -2.17. The highest BCUT2D eigenvalue weighted by molar-refractivity contribution is 5.92. The number of rotatable bonds is 4. The zero-order valence-corrected chi connectivity index (χ0v) is 11.2. The molecule has 2 heterocycles. The first-order chi connectivity index (χ1) is 9.13. The maximum absolute atomic E-state index is 11.5. The summed E-state index contributed by atoms with van der Waals surface area (Å²) in [4.78, 5) is 17.8. The lowest BCUT2D eigenvalue weighted by molar-refractivity contribution is 0.0957. The van der Waals surface area contributed by atoms with Crippen molar-refractivity contribution in [2.75, 3.05) is 27.2 Å². The minimum absolute atomic E-state index is 0.235. The molecule has 1 aromatic heterocycles. The van der Waals surface area contributed by atoms with Gasteiger partial charge < -0.3 is 15.2 Å². The van der Waals surface area contributed by atoms with Crippen LogP contribution in [0, 0.1) is 0 Å². The highest BCUT2D eigenvalue weighted by Crippen LogP contribution is 2.22. The molecule has 1 saturated heterocycles. The van der Waals surface area contributed by atoms with Crippen LogP contribution in [-0.4, -0.2) is 54.2 Å². The molecule has 0 aromatic carbocycles. The number of hydrogen-bond acceptors (Lipinski definition) is 5. The maximum Gasteiger partial charge on any atom is 0.269 e. The number of pyridine rings is 1. The molecule has 1 aliphatic heterocycles. The number of β-amino-alcohol motifs (C(OH)–C–C–N with tert-alkyl or cyclic N) is 1. The standard InChI is InChI=1S/C13H19N3O3/c1-14-13(18)11-5-12(19-2)9(6-15-11)7-16-4-3-10(17)8-16/h5-6,10,17H,3-4,7-8H2,1-2H3,(H,14,18)/t10-/m0/s1. The Balaban J connectivity index is 2.14. The second-order valence-electron chi connectivity index (χ2n) is 4.64. The van der Waals surface area contributed by atoms with Gasteiger partial charge in [0, 0.05) is 44.5 Å². The van der Waals surface area contributed by atoms with Crippen LogP contribution in [0.25, 0.3) is 0 Å². The Labute approximate surface area is 112 Å². The fraction of sp³-hybridized carbons (Fsp3) is 0.538. The topological polar surface area (TPSA) is 74.7 Å². The van der Waals surface area contributed by atoms with E-state index in [4.69, 9.17) is 4.74 Å². The Hall–Kier alpha value is -1.66. The van der Waals surface area contributed by atoms with Crippen LogP contribution in [0.4, 0.5) is 0 Å². The summed E-state index contributed by atoms with van der Waals surface area (Å²) in [6, 6.07) is 1.64. The Morgan fingerprint density at radius 3 is 3.05 bits per heavy atom. The summed E-state index contributed by atoms with van der Waals surface area (Å²) < 4.78 is 5.31. The van der Waals surface area contributed by atoms with E-state index in [0.717, 1.165) is 18.5 Å². The van der Waals surface area contributed by atoms with E-state index in [1.165, 1.54) is 0 Å². The minimum Gasteiger partial charge on any atom is -0.496 e. The van der Waals surface area contributed by atoms with Gasteiger partial charge in [0.2, 0.25) is 0 Å². The minimum atomic E-state index is -0.246. The lowest BCUT2D eigenvalue weighted by atomic mass is 10.2.